The predicted octanol–water partition coefficient (Wildman–Crippen LogP) is 5.76. The van der Waals surface area contributed by atoms with Crippen LogP contribution in [-0.4, -0.2) is 45.0 Å². The number of carbonyl (C=O) groups excluding carboxylic acids is 2. The Kier molecular flexibility index (Phi) is 6.07. The largest absolute Gasteiger partial charge is 0.444 e. The van der Waals surface area contributed by atoms with Crippen LogP contribution in [0.2, 0.25) is 0 Å². The fourth-order valence-electron chi connectivity index (χ4n) is 4.02. The number of pyridine rings is 1. The van der Waals surface area contributed by atoms with Crippen molar-refractivity contribution >= 4 is 38.7 Å². The highest BCUT2D eigenvalue weighted by Crippen LogP contribution is 2.32. The number of Topliss-reactive ketones (excluding diaryl/α,β-unsaturated/α-hetero) is 1. The molecule has 0 unspecified atom stereocenters. The van der Waals surface area contributed by atoms with Crippen LogP contribution in [0.15, 0.2) is 47.3 Å². The van der Waals surface area contributed by atoms with E-state index in [1.165, 1.54) is 12.1 Å². The van der Waals surface area contributed by atoms with Gasteiger partial charge >= 0.3 is 6.09 Å². The molecule has 3 heterocycles. The third kappa shape index (κ3) is 4.55. The van der Waals surface area contributed by atoms with E-state index in [9.17, 15) is 14.0 Å². The molecule has 1 aromatic carbocycles. The molecule has 6 nitrogen and oxygen atoms in total. The van der Waals surface area contributed by atoms with Crippen LogP contribution in [0, 0.1) is 11.7 Å². The minimum absolute atomic E-state index is 0.0435. The second-order valence-corrected chi connectivity index (χ2v) is 9.86. The number of aromatic nitrogens is 2. The number of ether oxygens (including phenoxy) is 1. The Labute approximate surface area is 194 Å². The van der Waals surface area contributed by atoms with Crippen molar-refractivity contribution in [3.8, 4) is 5.69 Å². The summed E-state index contributed by atoms with van der Waals surface area (Å²) in [6, 6.07) is 6.27. The van der Waals surface area contributed by atoms with Gasteiger partial charge in [-0.2, -0.15) is 0 Å². The van der Waals surface area contributed by atoms with Crippen molar-refractivity contribution in [2.45, 2.75) is 39.2 Å². The molecule has 0 spiro atoms. The normalized spacial score (nSPS) is 15.2. The van der Waals surface area contributed by atoms with Gasteiger partial charge in [0.25, 0.3) is 0 Å². The van der Waals surface area contributed by atoms with Crippen LogP contribution < -0.4 is 0 Å². The quantitative estimate of drug-likeness (QED) is 0.428. The van der Waals surface area contributed by atoms with Crippen LogP contribution in [0.1, 0.15) is 44.0 Å². The monoisotopic (exact) mass is 501 g/mol. The Morgan fingerprint density at radius 3 is 2.56 bits per heavy atom. The molecule has 0 radical (unpaired) electrons. The number of benzene rings is 1. The molecule has 1 aliphatic heterocycles. The van der Waals surface area contributed by atoms with Crippen molar-refractivity contribution in [1.82, 2.24) is 14.5 Å². The molecule has 0 aliphatic carbocycles. The van der Waals surface area contributed by atoms with Crippen LogP contribution in [0.4, 0.5) is 9.18 Å². The van der Waals surface area contributed by atoms with Gasteiger partial charge in [0.1, 0.15) is 11.4 Å². The third-order valence-corrected chi connectivity index (χ3v) is 6.20. The van der Waals surface area contributed by atoms with Gasteiger partial charge in [0.2, 0.25) is 0 Å². The van der Waals surface area contributed by atoms with E-state index < -0.39 is 5.60 Å². The van der Waals surface area contributed by atoms with Crippen molar-refractivity contribution < 1.29 is 18.7 Å². The number of carbonyl (C=O) groups is 2. The lowest BCUT2D eigenvalue weighted by molar-refractivity contribution is 0.0182. The van der Waals surface area contributed by atoms with Crippen molar-refractivity contribution in [2.24, 2.45) is 5.92 Å². The second kappa shape index (κ2) is 8.65. The zero-order valence-corrected chi connectivity index (χ0v) is 19.9. The van der Waals surface area contributed by atoms with Crippen LogP contribution >= 0.6 is 15.9 Å². The first-order valence-electron chi connectivity index (χ1n) is 10.6. The fraction of sp³-hybridized carbons (Fsp3) is 0.375. The van der Waals surface area contributed by atoms with Gasteiger partial charge in [-0.15, -0.1) is 0 Å². The summed E-state index contributed by atoms with van der Waals surface area (Å²) in [7, 11) is 0. The summed E-state index contributed by atoms with van der Waals surface area (Å²) in [5, 5.41) is 0.802. The second-order valence-electron chi connectivity index (χ2n) is 9.01. The van der Waals surface area contributed by atoms with E-state index in [2.05, 4.69) is 20.9 Å². The average Bonchev–Trinajstić information content (AvgIpc) is 3.12. The first-order valence-corrected chi connectivity index (χ1v) is 11.4. The van der Waals surface area contributed by atoms with Crippen LogP contribution in [0.25, 0.3) is 16.6 Å². The Bertz CT molecular complexity index is 1180. The maximum Gasteiger partial charge on any atom is 0.410 e. The van der Waals surface area contributed by atoms with Gasteiger partial charge in [0, 0.05) is 46.8 Å². The molecular formula is C24H25BrFN3O3. The first-order chi connectivity index (χ1) is 15.1. The minimum Gasteiger partial charge on any atom is -0.444 e. The van der Waals surface area contributed by atoms with Crippen molar-refractivity contribution in [3.05, 3.63) is 58.7 Å². The molecule has 32 heavy (non-hydrogen) atoms. The van der Waals surface area contributed by atoms with Crippen molar-refractivity contribution in [3.63, 3.8) is 0 Å². The molecule has 8 heteroatoms. The third-order valence-electron chi connectivity index (χ3n) is 5.56. The number of likely N-dealkylation sites (tertiary alicyclic amines) is 1. The number of rotatable bonds is 3. The summed E-state index contributed by atoms with van der Waals surface area (Å²) in [5.41, 5.74) is 1.56. The predicted molar refractivity (Wildman–Crippen MR) is 124 cm³/mol. The number of amides is 1. The molecule has 1 saturated heterocycles. The number of fused-ring (bicyclic) bond motifs is 1. The van der Waals surface area contributed by atoms with Gasteiger partial charge in [-0.05, 0) is 73.8 Å². The Morgan fingerprint density at radius 2 is 1.91 bits per heavy atom. The maximum atomic E-state index is 13.6. The van der Waals surface area contributed by atoms with E-state index in [-0.39, 0.29) is 23.6 Å². The number of ketones is 1. The van der Waals surface area contributed by atoms with Gasteiger partial charge in [-0.25, -0.2) is 9.18 Å². The van der Waals surface area contributed by atoms with Gasteiger partial charge in [0.05, 0.1) is 17.4 Å². The summed E-state index contributed by atoms with van der Waals surface area (Å²) in [4.78, 5) is 31.7. The molecule has 2 aromatic heterocycles. The fourth-order valence-corrected chi connectivity index (χ4v) is 4.56. The zero-order chi connectivity index (χ0) is 23.0. The van der Waals surface area contributed by atoms with Gasteiger partial charge in [-0.1, -0.05) is 0 Å². The van der Waals surface area contributed by atoms with E-state index in [4.69, 9.17) is 4.74 Å². The number of hydrogen-bond donors (Lipinski definition) is 0. The summed E-state index contributed by atoms with van der Waals surface area (Å²) >= 11 is 3.42. The van der Waals surface area contributed by atoms with E-state index in [0.717, 1.165) is 16.6 Å². The molecular weight excluding hydrogens is 477 g/mol. The molecule has 0 N–H and O–H groups in total. The number of piperidine rings is 1. The summed E-state index contributed by atoms with van der Waals surface area (Å²) < 4.78 is 21.5. The Hall–Kier alpha value is -2.74. The lowest BCUT2D eigenvalue weighted by Gasteiger charge is -2.32. The van der Waals surface area contributed by atoms with Crippen LogP contribution in [0.5, 0.6) is 0 Å². The van der Waals surface area contributed by atoms with E-state index >= 15 is 0 Å². The molecule has 168 valence electrons. The lowest BCUT2D eigenvalue weighted by atomic mass is 9.89. The number of halogens is 2. The lowest BCUT2D eigenvalue weighted by Crippen LogP contribution is -2.43. The number of hydrogen-bond acceptors (Lipinski definition) is 4. The molecule has 1 fully saturated rings. The van der Waals surface area contributed by atoms with E-state index in [1.807, 2.05) is 31.4 Å². The highest BCUT2D eigenvalue weighted by molar-refractivity contribution is 9.10. The minimum atomic E-state index is -0.547. The Balaban J connectivity index is 1.58. The van der Waals surface area contributed by atoms with Crippen LogP contribution in [-0.2, 0) is 4.74 Å². The maximum absolute atomic E-state index is 13.6. The van der Waals surface area contributed by atoms with Gasteiger partial charge in [0.15, 0.2) is 5.78 Å². The summed E-state index contributed by atoms with van der Waals surface area (Å²) in [5.74, 6) is -0.483. The highest BCUT2D eigenvalue weighted by atomic mass is 79.9. The first kappa shape index (κ1) is 22.5. The molecule has 4 rings (SSSR count). The number of nitrogens with zero attached hydrogens (tertiary/aromatic N) is 3. The zero-order valence-electron chi connectivity index (χ0n) is 18.3. The molecule has 1 amide bonds. The average molecular weight is 502 g/mol. The summed E-state index contributed by atoms with van der Waals surface area (Å²) in [6.45, 7) is 6.48. The van der Waals surface area contributed by atoms with E-state index in [1.54, 1.807) is 29.6 Å². The van der Waals surface area contributed by atoms with Gasteiger partial charge in [-0.3, -0.25) is 9.78 Å². The van der Waals surface area contributed by atoms with Crippen molar-refractivity contribution in [2.75, 3.05) is 13.1 Å². The molecule has 1 aliphatic rings. The molecule has 0 atom stereocenters. The smallest absolute Gasteiger partial charge is 0.410 e. The standard InChI is InChI=1S/C24H25BrFN3O3/c1-24(2,3)32-23(31)28-10-7-15(8-11-28)22(30)18-14-29(21-13-27-9-6-17(18)21)20-5-4-16(26)12-19(20)25/h4-6,9,12-15H,7-8,10-11H2,1-3H3. The molecule has 0 saturated carbocycles. The van der Waals surface area contributed by atoms with Crippen LogP contribution in [0.3, 0.4) is 0 Å². The Morgan fingerprint density at radius 1 is 1.19 bits per heavy atom. The SMILES string of the molecule is CC(C)(C)OC(=O)N1CCC(C(=O)c2cn(-c3ccc(F)cc3Br)c3cnccc23)CC1. The van der Waals surface area contributed by atoms with E-state index in [0.29, 0.717) is 36.0 Å². The summed E-state index contributed by atoms with van der Waals surface area (Å²) in [6.07, 6.45) is 5.98. The van der Waals surface area contributed by atoms with Gasteiger partial charge < -0.3 is 14.2 Å². The van der Waals surface area contributed by atoms with Crippen molar-refractivity contribution in [1.29, 1.82) is 0 Å². The topological polar surface area (TPSA) is 64.4 Å². The molecule has 3 aromatic rings. The highest BCUT2D eigenvalue weighted by Gasteiger charge is 2.31. The molecule has 0 bridgehead atoms.